The predicted molar refractivity (Wildman–Crippen MR) is 112 cm³/mol. The van der Waals surface area contributed by atoms with Crippen LogP contribution >= 0.6 is 7.60 Å². The molecule has 0 saturated carbocycles. The summed E-state index contributed by atoms with van der Waals surface area (Å²) in [4.78, 5) is 20.3. The maximum Gasteiger partial charge on any atom is 0.362 e. The van der Waals surface area contributed by atoms with E-state index in [4.69, 9.17) is 14.5 Å². The zero-order valence-corrected chi connectivity index (χ0v) is 16.9. The van der Waals surface area contributed by atoms with Gasteiger partial charge in [-0.1, -0.05) is 12.1 Å². The van der Waals surface area contributed by atoms with Crippen molar-refractivity contribution in [3.63, 3.8) is 0 Å². The van der Waals surface area contributed by atoms with Crippen LogP contribution in [-0.2, 0) is 11.1 Å². The Balaban J connectivity index is 1.35. The van der Waals surface area contributed by atoms with Gasteiger partial charge in [-0.3, -0.25) is 14.6 Å². The van der Waals surface area contributed by atoms with Gasteiger partial charge in [-0.2, -0.15) is 5.10 Å². The lowest BCUT2D eigenvalue weighted by Crippen LogP contribution is -2.41. The molecule has 1 aliphatic rings. The second kappa shape index (κ2) is 8.55. The molecule has 0 aliphatic carbocycles. The van der Waals surface area contributed by atoms with E-state index in [1.807, 2.05) is 30.5 Å². The molecule has 1 fully saturated rings. The van der Waals surface area contributed by atoms with Gasteiger partial charge in [-0.05, 0) is 55.3 Å². The van der Waals surface area contributed by atoms with E-state index in [9.17, 15) is 4.57 Å². The fourth-order valence-electron chi connectivity index (χ4n) is 3.74. The number of H-pyrrole nitrogens is 1. The highest BCUT2D eigenvalue weighted by Gasteiger charge is 2.20. The summed E-state index contributed by atoms with van der Waals surface area (Å²) in [5, 5.41) is 11.8. The fourth-order valence-corrected chi connectivity index (χ4v) is 4.05. The molecular weight excluding hydrogens is 391 g/mol. The predicted octanol–water partition coefficient (Wildman–Crippen LogP) is 3.15. The molecule has 4 rings (SSSR count). The smallest absolute Gasteiger partial charge is 0.362 e. The molecule has 9 heteroatoms. The number of ether oxygens (including phenoxy) is 1. The first-order chi connectivity index (χ1) is 13.9. The minimum atomic E-state index is -4.18. The van der Waals surface area contributed by atoms with E-state index < -0.39 is 13.9 Å². The highest BCUT2D eigenvalue weighted by atomic mass is 31.2. The van der Waals surface area contributed by atoms with Crippen molar-refractivity contribution >= 4 is 24.2 Å². The molecule has 3 aromatic rings. The molecule has 8 nitrogen and oxygen atoms in total. The molecular formula is C20H25N4O4P. The molecule has 1 atom stereocenters. The van der Waals surface area contributed by atoms with Crippen LogP contribution in [0.15, 0.2) is 48.7 Å². The summed E-state index contributed by atoms with van der Waals surface area (Å²) in [6.07, 6.45) is 3.45. The van der Waals surface area contributed by atoms with Gasteiger partial charge in [0.1, 0.15) is 5.75 Å². The lowest BCUT2D eigenvalue weighted by atomic mass is 10.0. The van der Waals surface area contributed by atoms with Crippen LogP contribution in [0.5, 0.6) is 5.75 Å². The van der Waals surface area contributed by atoms with Crippen molar-refractivity contribution in [2.45, 2.75) is 25.4 Å². The highest BCUT2D eigenvalue weighted by Crippen LogP contribution is 2.34. The van der Waals surface area contributed by atoms with E-state index in [-0.39, 0.29) is 0 Å². The zero-order valence-electron chi connectivity index (χ0n) is 16.0. The molecule has 1 aliphatic heterocycles. The van der Waals surface area contributed by atoms with Crippen molar-refractivity contribution in [1.29, 1.82) is 0 Å². The number of anilines is 1. The van der Waals surface area contributed by atoms with E-state index in [1.165, 1.54) is 0 Å². The van der Waals surface area contributed by atoms with E-state index >= 15 is 0 Å². The Labute approximate surface area is 169 Å². The van der Waals surface area contributed by atoms with Gasteiger partial charge in [0, 0.05) is 30.2 Å². The Morgan fingerprint density at radius 3 is 3.03 bits per heavy atom. The summed E-state index contributed by atoms with van der Waals surface area (Å²) in [5.74, 6) is 0.478. The normalized spacial score (nSPS) is 18.1. The lowest BCUT2D eigenvalue weighted by molar-refractivity contribution is 0.208. The van der Waals surface area contributed by atoms with Crippen molar-refractivity contribution in [1.82, 2.24) is 15.1 Å². The fraction of sp³-hybridized carbons (Fsp3) is 0.350. The van der Waals surface area contributed by atoms with Crippen molar-refractivity contribution in [2.75, 3.05) is 24.8 Å². The van der Waals surface area contributed by atoms with Crippen LogP contribution in [0.2, 0.25) is 0 Å². The maximum atomic E-state index is 11.0. The Morgan fingerprint density at radius 2 is 2.17 bits per heavy atom. The van der Waals surface area contributed by atoms with Crippen molar-refractivity contribution in [2.24, 2.45) is 0 Å². The molecule has 0 bridgehead atoms. The van der Waals surface area contributed by atoms with E-state index in [0.29, 0.717) is 11.8 Å². The molecule has 4 N–H and O–H groups in total. The molecule has 2 heterocycles. The summed E-state index contributed by atoms with van der Waals surface area (Å²) < 4.78 is 16.2. The van der Waals surface area contributed by atoms with Crippen LogP contribution in [0.3, 0.4) is 0 Å². The Morgan fingerprint density at radius 1 is 1.28 bits per heavy atom. The number of hydrogen-bond donors (Lipinski definition) is 4. The molecule has 154 valence electrons. The summed E-state index contributed by atoms with van der Waals surface area (Å²) in [7, 11) is -4.18. The van der Waals surface area contributed by atoms with E-state index in [0.717, 1.165) is 54.6 Å². The Hall–Kier alpha value is -2.38. The van der Waals surface area contributed by atoms with Crippen molar-refractivity contribution in [3.05, 3.63) is 54.2 Å². The number of nitrogens with zero attached hydrogens (tertiary/aromatic N) is 2. The van der Waals surface area contributed by atoms with E-state index in [1.54, 1.807) is 6.07 Å². The molecule has 2 aromatic carbocycles. The second-order valence-electron chi connectivity index (χ2n) is 7.48. The maximum absolute atomic E-state index is 11.0. The number of benzene rings is 2. The number of piperidine rings is 1. The third-order valence-electron chi connectivity index (χ3n) is 5.02. The van der Waals surface area contributed by atoms with Gasteiger partial charge in [0.2, 0.25) is 0 Å². The van der Waals surface area contributed by atoms with Crippen LogP contribution < -0.4 is 10.1 Å². The second-order valence-corrected chi connectivity index (χ2v) is 9.06. The number of rotatable bonds is 7. The Bertz CT molecular complexity index is 1020. The van der Waals surface area contributed by atoms with Crippen LogP contribution in [0.4, 0.5) is 5.69 Å². The Kier molecular flexibility index (Phi) is 5.87. The number of hydrogen-bond acceptors (Lipinski definition) is 5. The van der Waals surface area contributed by atoms with E-state index in [2.05, 4.69) is 32.5 Å². The first-order valence-corrected chi connectivity index (χ1v) is 11.4. The lowest BCUT2D eigenvalue weighted by Gasteiger charge is -2.33. The van der Waals surface area contributed by atoms with Crippen molar-refractivity contribution in [3.8, 4) is 5.75 Å². The first kappa shape index (κ1) is 19.9. The number of fused-ring (bicyclic) bond motifs is 1. The van der Waals surface area contributed by atoms with Crippen molar-refractivity contribution < 1.29 is 19.1 Å². The third-order valence-corrected chi connectivity index (χ3v) is 5.49. The first-order valence-electron chi connectivity index (χ1n) is 9.63. The summed E-state index contributed by atoms with van der Waals surface area (Å²) in [5.41, 5.74) is 3.19. The third kappa shape index (κ3) is 5.58. The minimum absolute atomic E-state index is 0.363. The van der Waals surface area contributed by atoms with Gasteiger partial charge in [-0.25, -0.2) is 0 Å². The van der Waals surface area contributed by atoms with Gasteiger partial charge in [0.25, 0.3) is 0 Å². The van der Waals surface area contributed by atoms with Crippen LogP contribution in [0.25, 0.3) is 10.9 Å². The molecule has 0 unspecified atom stereocenters. The minimum Gasteiger partial charge on any atom is -0.481 e. The molecule has 0 spiro atoms. The molecule has 1 aromatic heterocycles. The van der Waals surface area contributed by atoms with Gasteiger partial charge in [0.05, 0.1) is 11.7 Å². The quantitative estimate of drug-likeness (QED) is 0.438. The van der Waals surface area contributed by atoms with Crippen LogP contribution in [-0.4, -0.2) is 50.4 Å². The molecule has 1 saturated heterocycles. The molecule has 0 amide bonds. The monoisotopic (exact) mass is 416 g/mol. The standard InChI is InChI=1S/C20H25N4O4P/c25-29(26,27)14-28-19-5-1-3-15(9-19)12-24-8-2-4-18(13-24)22-17-6-7-20-16(10-17)11-21-23-20/h1,3,5-7,9-11,18,22H,2,4,8,12-14H2,(H,21,23)(H2,25,26,27)/t18-/m1/s1. The number of nitrogens with one attached hydrogen (secondary N) is 2. The summed E-state index contributed by atoms with van der Waals surface area (Å²) >= 11 is 0. The summed E-state index contributed by atoms with van der Waals surface area (Å²) in [6.45, 7) is 2.72. The van der Waals surface area contributed by atoms with Crippen LogP contribution in [0.1, 0.15) is 18.4 Å². The highest BCUT2D eigenvalue weighted by molar-refractivity contribution is 7.51. The average Bonchev–Trinajstić information content (AvgIpc) is 3.14. The largest absolute Gasteiger partial charge is 0.481 e. The van der Waals surface area contributed by atoms with Crippen LogP contribution in [0, 0.1) is 0 Å². The topological polar surface area (TPSA) is 111 Å². The molecule has 29 heavy (non-hydrogen) atoms. The number of aromatic amines is 1. The number of likely N-dealkylation sites (tertiary alicyclic amines) is 1. The SMILES string of the molecule is O=P(O)(O)COc1cccc(CN2CCC[C@@H](Nc3ccc4[nH]ncc4c3)C2)c1. The number of aromatic nitrogens is 2. The average molecular weight is 416 g/mol. The van der Waals surface area contributed by atoms with Gasteiger partial charge >= 0.3 is 7.60 Å². The summed E-state index contributed by atoms with van der Waals surface area (Å²) in [6, 6.07) is 14.0. The van der Waals surface area contributed by atoms with Gasteiger partial charge in [-0.15, -0.1) is 0 Å². The molecule has 0 radical (unpaired) electrons. The zero-order chi connectivity index (χ0) is 20.3. The van der Waals surface area contributed by atoms with Gasteiger partial charge < -0.3 is 19.8 Å². The van der Waals surface area contributed by atoms with Gasteiger partial charge in [0.15, 0.2) is 6.35 Å².